The highest BCUT2D eigenvalue weighted by atomic mass is 32.1. The number of fused-ring (bicyclic) bond motifs is 8. The molecule has 0 fully saturated rings. The highest BCUT2D eigenvalue weighted by Crippen LogP contribution is 2.43. The minimum absolute atomic E-state index is 0.0352. The summed E-state index contributed by atoms with van der Waals surface area (Å²) in [6.07, 6.45) is 4.05. The van der Waals surface area contributed by atoms with Crippen molar-refractivity contribution in [3.05, 3.63) is 124 Å². The van der Waals surface area contributed by atoms with Gasteiger partial charge in [-0.3, -0.25) is 24.3 Å². The highest BCUT2D eigenvalue weighted by Gasteiger charge is 2.39. The number of methoxy groups -OCH3 is 3. The van der Waals surface area contributed by atoms with Gasteiger partial charge in [0.1, 0.15) is 13.2 Å². The maximum absolute atomic E-state index is 14.3. The number of aliphatic imine (C=N–C) groups is 1. The second-order valence-corrected chi connectivity index (χ2v) is 19.8. The number of para-hydroxylation sites is 2. The van der Waals surface area contributed by atoms with E-state index in [4.69, 9.17) is 50.8 Å². The minimum Gasteiger partial charge on any atom is -0.493 e. The number of rotatable bonds is 21. The first kappa shape index (κ1) is 49.4. The van der Waals surface area contributed by atoms with Gasteiger partial charge >= 0.3 is 0 Å². The smallest absolute Gasteiger partial charge is 0.261 e. The summed E-state index contributed by atoms with van der Waals surface area (Å²) in [5.41, 5.74) is 8.17. The van der Waals surface area contributed by atoms with Gasteiger partial charge in [0.15, 0.2) is 23.0 Å². The number of carbonyl (C=O) groups excluding carboxylic acids is 3. The van der Waals surface area contributed by atoms with Crippen LogP contribution >= 0.6 is 12.6 Å². The zero-order chi connectivity index (χ0) is 49.6. The van der Waals surface area contributed by atoms with Gasteiger partial charge < -0.3 is 48.3 Å². The van der Waals surface area contributed by atoms with E-state index >= 15 is 0 Å². The molecule has 16 heteroatoms. The van der Waals surface area contributed by atoms with E-state index in [1.165, 1.54) is 7.11 Å². The Bertz CT molecular complexity index is 2810. The molecule has 0 aromatic heterocycles. The summed E-state index contributed by atoms with van der Waals surface area (Å²) in [4.78, 5) is 52.8. The topological polar surface area (TPSA) is 150 Å². The normalized spacial score (nSPS) is 16.4. The molecule has 1 N–H and O–H groups in total. The molecule has 9 rings (SSSR count). The molecule has 0 radical (unpaired) electrons. The van der Waals surface area contributed by atoms with Crippen LogP contribution in [0, 0.1) is 0 Å². The lowest BCUT2D eigenvalue weighted by atomic mass is 10.1. The molecule has 0 unspecified atom stereocenters. The van der Waals surface area contributed by atoms with Crippen LogP contribution in [0.4, 0.5) is 28.4 Å². The van der Waals surface area contributed by atoms with Crippen molar-refractivity contribution in [1.82, 2.24) is 0 Å². The van der Waals surface area contributed by atoms with Crippen molar-refractivity contribution in [1.29, 1.82) is 0 Å². The number of carbonyl (C=O) groups is 3. The third kappa shape index (κ3) is 11.0. The third-order valence-corrected chi connectivity index (χ3v) is 13.4. The van der Waals surface area contributed by atoms with E-state index in [1.54, 1.807) is 42.2 Å². The van der Waals surface area contributed by atoms with Gasteiger partial charge in [-0.05, 0) is 77.6 Å². The fourth-order valence-corrected chi connectivity index (χ4v) is 9.67. The minimum atomic E-state index is -0.374. The summed E-state index contributed by atoms with van der Waals surface area (Å²) in [5, 5.41) is 3.51. The number of ether oxygens (including phenoxy) is 7. The quantitative estimate of drug-likeness (QED) is 0.0538. The Kier molecular flexibility index (Phi) is 15.2. The lowest BCUT2D eigenvalue weighted by Gasteiger charge is -2.26. The summed E-state index contributed by atoms with van der Waals surface area (Å²) in [5.74, 6) is 1.25. The van der Waals surface area contributed by atoms with E-state index in [0.29, 0.717) is 97.0 Å². The molecular formula is C55H61N5O10S. The Labute approximate surface area is 420 Å². The van der Waals surface area contributed by atoms with E-state index in [0.717, 1.165) is 40.0 Å². The van der Waals surface area contributed by atoms with Crippen LogP contribution in [0.5, 0.6) is 23.0 Å². The number of benzene rings is 5. The molecule has 15 nitrogen and oxygen atoms in total. The molecule has 372 valence electrons. The Balaban J connectivity index is 1.00. The number of hydrogen-bond acceptors (Lipinski definition) is 13. The van der Waals surface area contributed by atoms with Crippen LogP contribution < -0.4 is 39.0 Å². The SMILES string of the molecule is COCCOCCOCCN(C(=O)CCC(C)(C)S)c1cc(COc2cc3c(cc2OC)C(=O)N2c4ccccc4C[C@H]2C=N3)cc(COc2cc3c(cc2OC)C(=O)N2c4ccccc4C[C@H]2CN3)c1. The zero-order valence-corrected chi connectivity index (χ0v) is 41.8. The van der Waals surface area contributed by atoms with Crippen molar-refractivity contribution < 1.29 is 47.5 Å². The van der Waals surface area contributed by atoms with Gasteiger partial charge in [0.05, 0.1) is 81.8 Å². The predicted octanol–water partition coefficient (Wildman–Crippen LogP) is 8.65. The molecule has 0 saturated heterocycles. The van der Waals surface area contributed by atoms with Crippen molar-refractivity contribution in [3.63, 3.8) is 0 Å². The van der Waals surface area contributed by atoms with Gasteiger partial charge in [0, 0.05) is 73.2 Å². The van der Waals surface area contributed by atoms with Gasteiger partial charge in [-0.1, -0.05) is 50.2 Å². The molecule has 5 aromatic carbocycles. The average molecular weight is 984 g/mol. The summed E-state index contributed by atoms with van der Waals surface area (Å²) in [7, 11) is 4.71. The van der Waals surface area contributed by atoms with Crippen molar-refractivity contribution in [2.24, 2.45) is 4.99 Å². The maximum Gasteiger partial charge on any atom is 0.261 e. The van der Waals surface area contributed by atoms with Gasteiger partial charge in [-0.2, -0.15) is 12.6 Å². The van der Waals surface area contributed by atoms with Crippen molar-refractivity contribution in [3.8, 4) is 23.0 Å². The second-order valence-electron chi connectivity index (χ2n) is 18.6. The number of nitrogens with one attached hydrogen (secondary N) is 1. The monoisotopic (exact) mass is 983 g/mol. The number of hydrogen-bond donors (Lipinski definition) is 2. The summed E-state index contributed by atoms with van der Waals surface area (Å²) >= 11 is 4.72. The van der Waals surface area contributed by atoms with E-state index in [-0.39, 0.29) is 67.3 Å². The van der Waals surface area contributed by atoms with Gasteiger partial charge in [0.25, 0.3) is 11.8 Å². The Hall–Kier alpha value is -6.59. The highest BCUT2D eigenvalue weighted by molar-refractivity contribution is 7.81. The van der Waals surface area contributed by atoms with Crippen LogP contribution in [-0.2, 0) is 45.1 Å². The van der Waals surface area contributed by atoms with Gasteiger partial charge in [0.2, 0.25) is 5.91 Å². The molecule has 5 aromatic rings. The fourth-order valence-electron chi connectivity index (χ4n) is 9.55. The molecule has 3 amide bonds. The van der Waals surface area contributed by atoms with Crippen molar-refractivity contribution >= 4 is 65.0 Å². The predicted molar refractivity (Wildman–Crippen MR) is 277 cm³/mol. The number of nitrogens with zero attached hydrogens (tertiary/aromatic N) is 4. The molecule has 0 aliphatic carbocycles. The van der Waals surface area contributed by atoms with Crippen LogP contribution in [-0.4, -0.2) is 108 Å². The molecule has 4 heterocycles. The van der Waals surface area contributed by atoms with Crippen LogP contribution in [0.15, 0.2) is 96.0 Å². The van der Waals surface area contributed by atoms with E-state index in [2.05, 4.69) is 11.4 Å². The molecule has 0 spiro atoms. The third-order valence-electron chi connectivity index (χ3n) is 13.1. The van der Waals surface area contributed by atoms with Crippen molar-refractivity contribution in [2.75, 3.05) is 87.5 Å². The molecule has 2 atom stereocenters. The lowest BCUT2D eigenvalue weighted by molar-refractivity contribution is -0.119. The molecule has 4 aliphatic rings. The molecule has 71 heavy (non-hydrogen) atoms. The first-order chi connectivity index (χ1) is 34.4. The fraction of sp³-hybridized carbons (Fsp3) is 0.382. The Morgan fingerprint density at radius 3 is 2.01 bits per heavy atom. The number of thiol groups is 1. The van der Waals surface area contributed by atoms with Crippen LogP contribution in [0.3, 0.4) is 0 Å². The van der Waals surface area contributed by atoms with Gasteiger partial charge in [-0.15, -0.1) is 0 Å². The molecule has 4 aliphatic heterocycles. The van der Waals surface area contributed by atoms with Crippen LogP contribution in [0.25, 0.3) is 0 Å². The first-order valence-electron chi connectivity index (χ1n) is 24.0. The molecular weight excluding hydrogens is 923 g/mol. The summed E-state index contributed by atoms with van der Waals surface area (Å²) in [6, 6.07) is 28.5. The van der Waals surface area contributed by atoms with Gasteiger partial charge in [-0.25, -0.2) is 0 Å². The molecule has 0 saturated carbocycles. The summed E-state index contributed by atoms with van der Waals surface area (Å²) < 4.78 is 41.1. The molecule has 0 bridgehead atoms. The summed E-state index contributed by atoms with van der Waals surface area (Å²) in [6.45, 7) is 6.88. The van der Waals surface area contributed by atoms with Crippen molar-refractivity contribution in [2.45, 2.75) is 69.6 Å². The standard InChI is InChI=1S/C55H61N5O10S/c1-55(2,71)15-14-52(61)58(16-17-67-20-21-68-19-18-64-3)39-23-35(33-69-50-29-44-42(27-48(50)65-4)53(62)59-40(31-56-44)25-37-10-6-8-12-46(37)59)22-36(24-39)34-70-51-30-45-43(28-49(51)66-5)54(63)60-41(32-57-45)26-38-11-7-9-13-47(38)60/h6-13,22-24,27-31,40-41,57,71H,14-21,25-26,32-34H2,1-5H3/t40-,41-/m0/s1. The maximum atomic E-state index is 14.3. The lowest BCUT2D eigenvalue weighted by Crippen LogP contribution is -2.39. The Morgan fingerprint density at radius 2 is 1.34 bits per heavy atom. The Morgan fingerprint density at radius 1 is 0.732 bits per heavy atom. The second kappa shape index (κ2) is 21.8. The average Bonchev–Trinajstić information content (AvgIpc) is 3.86. The van der Waals surface area contributed by atoms with E-state index in [9.17, 15) is 14.4 Å². The van der Waals surface area contributed by atoms with Crippen LogP contribution in [0.1, 0.15) is 69.7 Å². The zero-order valence-electron chi connectivity index (χ0n) is 40.9. The largest absolute Gasteiger partial charge is 0.493 e. The van der Waals surface area contributed by atoms with Crippen LogP contribution in [0.2, 0.25) is 0 Å². The van der Waals surface area contributed by atoms with E-state index in [1.807, 2.05) is 91.7 Å². The van der Waals surface area contributed by atoms with E-state index < -0.39 is 0 Å². The number of anilines is 4. The first-order valence-corrected chi connectivity index (χ1v) is 24.5. The number of amides is 3.